The molecule has 0 atom stereocenters. The molecule has 2 heterocycles. The van der Waals surface area contributed by atoms with Gasteiger partial charge in [-0.1, -0.05) is 12.1 Å². The van der Waals surface area contributed by atoms with Crippen LogP contribution >= 0.6 is 11.3 Å². The SMILES string of the molecule is Cc1ccncc1-c1csc(-c2ccccc2[N+](=O)[O-])n1. The Kier molecular flexibility index (Phi) is 3.45. The van der Waals surface area contributed by atoms with Crippen molar-refractivity contribution in [3.8, 4) is 21.8 Å². The Bertz CT molecular complexity index is 814. The number of para-hydroxylation sites is 1. The lowest BCUT2D eigenvalue weighted by atomic mass is 10.1. The molecule has 0 saturated heterocycles. The molecule has 104 valence electrons. The second kappa shape index (κ2) is 5.41. The van der Waals surface area contributed by atoms with E-state index in [9.17, 15) is 10.1 Å². The highest BCUT2D eigenvalue weighted by Crippen LogP contribution is 2.34. The van der Waals surface area contributed by atoms with Crippen LogP contribution in [0, 0.1) is 17.0 Å². The quantitative estimate of drug-likeness (QED) is 0.539. The predicted molar refractivity (Wildman–Crippen MR) is 82.2 cm³/mol. The van der Waals surface area contributed by atoms with Crippen molar-refractivity contribution in [3.63, 3.8) is 0 Å². The van der Waals surface area contributed by atoms with E-state index in [1.165, 1.54) is 17.4 Å². The van der Waals surface area contributed by atoms with Crippen LogP contribution in [0.15, 0.2) is 48.1 Å². The van der Waals surface area contributed by atoms with Gasteiger partial charge in [-0.3, -0.25) is 15.1 Å². The molecular formula is C15H11N3O2S. The van der Waals surface area contributed by atoms with E-state index < -0.39 is 0 Å². The first-order valence-corrected chi connectivity index (χ1v) is 7.15. The minimum absolute atomic E-state index is 0.0707. The van der Waals surface area contributed by atoms with Gasteiger partial charge in [0.25, 0.3) is 5.69 Å². The summed E-state index contributed by atoms with van der Waals surface area (Å²) in [5, 5.41) is 13.6. The molecule has 21 heavy (non-hydrogen) atoms. The third-order valence-electron chi connectivity index (χ3n) is 3.15. The van der Waals surface area contributed by atoms with Crippen molar-refractivity contribution in [2.24, 2.45) is 0 Å². The summed E-state index contributed by atoms with van der Waals surface area (Å²) in [4.78, 5) is 19.3. The molecule has 0 saturated carbocycles. The minimum Gasteiger partial charge on any atom is -0.264 e. The summed E-state index contributed by atoms with van der Waals surface area (Å²) < 4.78 is 0. The van der Waals surface area contributed by atoms with Crippen molar-refractivity contribution in [1.29, 1.82) is 0 Å². The van der Waals surface area contributed by atoms with Gasteiger partial charge in [-0.25, -0.2) is 4.98 Å². The Morgan fingerprint density at radius 2 is 2.00 bits per heavy atom. The molecule has 3 rings (SSSR count). The maximum absolute atomic E-state index is 11.1. The fourth-order valence-electron chi connectivity index (χ4n) is 2.07. The van der Waals surface area contributed by atoms with Gasteiger partial charge in [0.2, 0.25) is 0 Å². The van der Waals surface area contributed by atoms with E-state index in [4.69, 9.17) is 0 Å². The second-order valence-corrected chi connectivity index (χ2v) is 5.36. The van der Waals surface area contributed by atoms with Crippen LogP contribution in [0.2, 0.25) is 0 Å². The average molecular weight is 297 g/mol. The number of aromatic nitrogens is 2. The number of thiazole rings is 1. The summed E-state index contributed by atoms with van der Waals surface area (Å²) in [6, 6.07) is 8.56. The molecular weight excluding hydrogens is 286 g/mol. The van der Waals surface area contributed by atoms with Crippen LogP contribution in [0.3, 0.4) is 0 Å². The number of hydrogen-bond acceptors (Lipinski definition) is 5. The van der Waals surface area contributed by atoms with Crippen molar-refractivity contribution in [1.82, 2.24) is 9.97 Å². The van der Waals surface area contributed by atoms with Gasteiger partial charge in [0.1, 0.15) is 5.01 Å². The van der Waals surface area contributed by atoms with Crippen LogP contribution in [0.5, 0.6) is 0 Å². The van der Waals surface area contributed by atoms with Gasteiger partial charge in [-0.15, -0.1) is 11.3 Å². The highest BCUT2D eigenvalue weighted by molar-refractivity contribution is 7.13. The van der Waals surface area contributed by atoms with Crippen molar-refractivity contribution in [3.05, 3.63) is 63.8 Å². The Morgan fingerprint density at radius 3 is 2.76 bits per heavy atom. The Morgan fingerprint density at radius 1 is 1.19 bits per heavy atom. The molecule has 0 fully saturated rings. The van der Waals surface area contributed by atoms with E-state index in [1.807, 2.05) is 18.4 Å². The lowest BCUT2D eigenvalue weighted by molar-refractivity contribution is -0.384. The van der Waals surface area contributed by atoms with Crippen molar-refractivity contribution in [2.75, 3.05) is 0 Å². The number of aryl methyl sites for hydroxylation is 1. The maximum Gasteiger partial charge on any atom is 0.279 e. The Hall–Kier alpha value is -2.60. The van der Waals surface area contributed by atoms with Crippen LogP contribution in [-0.2, 0) is 0 Å². The molecule has 2 aromatic heterocycles. The number of hydrogen-bond donors (Lipinski definition) is 0. The summed E-state index contributed by atoms with van der Waals surface area (Å²) >= 11 is 1.39. The van der Waals surface area contributed by atoms with Crippen LogP contribution in [0.1, 0.15) is 5.56 Å². The van der Waals surface area contributed by atoms with Gasteiger partial charge in [0.05, 0.1) is 16.2 Å². The van der Waals surface area contributed by atoms with Gasteiger partial charge >= 0.3 is 0 Å². The Balaban J connectivity index is 2.08. The molecule has 3 aromatic rings. The molecule has 0 radical (unpaired) electrons. The van der Waals surface area contributed by atoms with E-state index >= 15 is 0 Å². The van der Waals surface area contributed by atoms with Crippen molar-refractivity contribution in [2.45, 2.75) is 6.92 Å². The molecule has 5 nitrogen and oxygen atoms in total. The van der Waals surface area contributed by atoms with Crippen molar-refractivity contribution < 1.29 is 4.92 Å². The topological polar surface area (TPSA) is 68.9 Å². The lowest BCUT2D eigenvalue weighted by Crippen LogP contribution is -1.91. The van der Waals surface area contributed by atoms with E-state index in [2.05, 4.69) is 9.97 Å². The third kappa shape index (κ3) is 2.53. The zero-order valence-electron chi connectivity index (χ0n) is 11.2. The summed E-state index contributed by atoms with van der Waals surface area (Å²) in [7, 11) is 0. The first kappa shape index (κ1) is 13.4. The molecule has 1 aromatic carbocycles. The van der Waals surface area contributed by atoms with E-state index in [1.54, 1.807) is 30.6 Å². The average Bonchev–Trinajstić information content (AvgIpc) is 2.97. The second-order valence-electron chi connectivity index (χ2n) is 4.50. The molecule has 0 unspecified atom stereocenters. The zero-order chi connectivity index (χ0) is 14.8. The van der Waals surface area contributed by atoms with Crippen LogP contribution < -0.4 is 0 Å². The van der Waals surface area contributed by atoms with Crippen molar-refractivity contribution >= 4 is 17.0 Å². The fraction of sp³-hybridized carbons (Fsp3) is 0.0667. The maximum atomic E-state index is 11.1. The third-order valence-corrected chi connectivity index (χ3v) is 4.03. The minimum atomic E-state index is -0.383. The molecule has 0 amide bonds. The number of pyridine rings is 1. The number of rotatable bonds is 3. The van der Waals surface area contributed by atoms with Crippen LogP contribution in [0.25, 0.3) is 21.8 Å². The highest BCUT2D eigenvalue weighted by Gasteiger charge is 2.17. The summed E-state index contributed by atoms with van der Waals surface area (Å²) in [6.07, 6.45) is 3.49. The van der Waals surface area contributed by atoms with Gasteiger partial charge in [-0.05, 0) is 24.6 Å². The molecule has 0 N–H and O–H groups in total. The normalized spacial score (nSPS) is 10.5. The molecule has 0 spiro atoms. The van der Waals surface area contributed by atoms with Gasteiger partial charge in [0, 0.05) is 29.4 Å². The summed E-state index contributed by atoms with van der Waals surface area (Å²) in [5.74, 6) is 0. The smallest absolute Gasteiger partial charge is 0.264 e. The Labute approximate surface area is 125 Å². The first-order valence-electron chi connectivity index (χ1n) is 6.27. The lowest BCUT2D eigenvalue weighted by Gasteiger charge is -2.00. The highest BCUT2D eigenvalue weighted by atomic mass is 32.1. The summed E-state index contributed by atoms with van der Waals surface area (Å²) in [5.41, 5.74) is 3.42. The predicted octanol–water partition coefficient (Wildman–Crippen LogP) is 4.09. The summed E-state index contributed by atoms with van der Waals surface area (Å²) in [6.45, 7) is 1.99. The number of benzene rings is 1. The monoisotopic (exact) mass is 297 g/mol. The first-order chi connectivity index (χ1) is 10.2. The van der Waals surface area contributed by atoms with Gasteiger partial charge in [0.15, 0.2) is 0 Å². The number of nitrogens with zero attached hydrogens (tertiary/aromatic N) is 3. The standard InChI is InChI=1S/C15H11N3O2S/c1-10-6-7-16-8-12(10)13-9-21-15(17-13)11-4-2-3-5-14(11)18(19)20/h2-9H,1H3. The van der Waals surface area contributed by atoms with Crippen LogP contribution in [-0.4, -0.2) is 14.9 Å². The number of nitro benzene ring substituents is 1. The van der Waals surface area contributed by atoms with E-state index in [0.717, 1.165) is 16.8 Å². The molecule has 0 aliphatic heterocycles. The van der Waals surface area contributed by atoms with E-state index in [-0.39, 0.29) is 10.6 Å². The molecule has 6 heteroatoms. The zero-order valence-corrected chi connectivity index (χ0v) is 12.0. The fourth-order valence-corrected chi connectivity index (χ4v) is 2.92. The van der Waals surface area contributed by atoms with E-state index in [0.29, 0.717) is 10.6 Å². The molecule has 0 aliphatic carbocycles. The number of nitro groups is 1. The van der Waals surface area contributed by atoms with Gasteiger partial charge < -0.3 is 0 Å². The largest absolute Gasteiger partial charge is 0.279 e. The molecule has 0 aliphatic rings. The molecule has 0 bridgehead atoms. The van der Waals surface area contributed by atoms with Gasteiger partial charge in [-0.2, -0.15) is 0 Å². The van der Waals surface area contributed by atoms with Crippen LogP contribution in [0.4, 0.5) is 5.69 Å².